The Labute approximate surface area is 142 Å². The van der Waals surface area contributed by atoms with Crippen molar-refractivity contribution in [3.05, 3.63) is 0 Å². The van der Waals surface area contributed by atoms with E-state index < -0.39 is 0 Å². The van der Waals surface area contributed by atoms with Gasteiger partial charge in [-0.15, -0.1) is 0 Å². The lowest BCUT2D eigenvalue weighted by atomic mass is 9.99. The third kappa shape index (κ3) is 9.82. The minimum absolute atomic E-state index is 0.325. The van der Waals surface area contributed by atoms with E-state index in [1.165, 1.54) is 32.1 Å². The van der Waals surface area contributed by atoms with Crippen molar-refractivity contribution in [3.63, 3.8) is 0 Å². The van der Waals surface area contributed by atoms with E-state index in [1.54, 1.807) is 0 Å². The maximum atomic E-state index is 5.67. The normalized spacial score (nSPS) is 19.8. The molecule has 136 valence electrons. The molecule has 1 aliphatic heterocycles. The fraction of sp³-hybridized carbons (Fsp3) is 0.944. The van der Waals surface area contributed by atoms with Gasteiger partial charge in [-0.05, 0) is 31.6 Å². The fourth-order valence-corrected chi connectivity index (χ4v) is 2.78. The first kappa shape index (κ1) is 20.2. The van der Waals surface area contributed by atoms with Crippen molar-refractivity contribution >= 4 is 5.96 Å². The smallest absolute Gasteiger partial charge is 0.190 e. The van der Waals surface area contributed by atoms with Gasteiger partial charge in [0.1, 0.15) is 0 Å². The summed E-state index contributed by atoms with van der Waals surface area (Å²) in [7, 11) is 1.83. The second-order valence-electron chi connectivity index (χ2n) is 6.36. The Kier molecular flexibility index (Phi) is 12.0. The maximum Gasteiger partial charge on any atom is 0.190 e. The van der Waals surface area contributed by atoms with Gasteiger partial charge in [-0.25, -0.2) is 0 Å². The summed E-state index contributed by atoms with van der Waals surface area (Å²) in [5.74, 6) is 1.64. The van der Waals surface area contributed by atoms with E-state index in [-0.39, 0.29) is 0 Å². The van der Waals surface area contributed by atoms with Gasteiger partial charge in [0.25, 0.3) is 0 Å². The molecule has 0 aromatic heterocycles. The largest absolute Gasteiger partial charge is 0.379 e. The molecule has 0 aliphatic carbocycles. The summed E-state index contributed by atoms with van der Waals surface area (Å²) >= 11 is 0. The second kappa shape index (κ2) is 13.6. The lowest BCUT2D eigenvalue weighted by Crippen LogP contribution is -2.40. The standard InChI is InChI=1S/C18H37N3O2/c1-4-6-9-16(5-2)14-21-18(19-3)20-11-8-12-22-15-17-10-7-13-23-17/h16-17H,4-15H2,1-3H3,(H2,19,20,21). The number of aliphatic imine (C=N–C) groups is 1. The number of nitrogens with one attached hydrogen (secondary N) is 2. The van der Waals surface area contributed by atoms with Crippen LogP contribution in [0.1, 0.15) is 58.8 Å². The van der Waals surface area contributed by atoms with E-state index in [9.17, 15) is 0 Å². The predicted molar refractivity (Wildman–Crippen MR) is 97.1 cm³/mol. The lowest BCUT2D eigenvalue weighted by Gasteiger charge is -2.18. The Morgan fingerprint density at radius 3 is 2.83 bits per heavy atom. The van der Waals surface area contributed by atoms with Gasteiger partial charge in [0.15, 0.2) is 5.96 Å². The Balaban J connectivity index is 2.02. The molecule has 1 rings (SSSR count). The Morgan fingerprint density at radius 1 is 1.30 bits per heavy atom. The topological polar surface area (TPSA) is 54.9 Å². The highest BCUT2D eigenvalue weighted by atomic mass is 16.5. The molecule has 1 saturated heterocycles. The summed E-state index contributed by atoms with van der Waals surface area (Å²) in [4.78, 5) is 4.29. The molecule has 1 heterocycles. The Morgan fingerprint density at radius 2 is 2.17 bits per heavy atom. The molecule has 2 atom stereocenters. The van der Waals surface area contributed by atoms with E-state index in [4.69, 9.17) is 9.47 Å². The number of hydrogen-bond donors (Lipinski definition) is 2. The Bertz CT molecular complexity index is 305. The van der Waals surface area contributed by atoms with Crippen molar-refractivity contribution in [1.82, 2.24) is 10.6 Å². The third-order valence-electron chi connectivity index (χ3n) is 4.41. The van der Waals surface area contributed by atoms with Gasteiger partial charge in [0.05, 0.1) is 12.7 Å². The summed E-state index contributed by atoms with van der Waals surface area (Å²) in [6.07, 6.45) is 8.74. The van der Waals surface area contributed by atoms with E-state index in [2.05, 4.69) is 29.5 Å². The van der Waals surface area contributed by atoms with Crippen molar-refractivity contribution in [2.45, 2.75) is 64.9 Å². The zero-order valence-corrected chi connectivity index (χ0v) is 15.4. The third-order valence-corrected chi connectivity index (χ3v) is 4.41. The van der Waals surface area contributed by atoms with Gasteiger partial charge in [0, 0.05) is 33.4 Å². The van der Waals surface area contributed by atoms with Crippen LogP contribution in [-0.2, 0) is 9.47 Å². The molecular formula is C18H37N3O2. The number of guanidine groups is 1. The van der Waals surface area contributed by atoms with Crippen LogP contribution in [0.2, 0.25) is 0 Å². The molecule has 0 spiro atoms. The van der Waals surface area contributed by atoms with Crippen molar-refractivity contribution in [2.24, 2.45) is 10.9 Å². The van der Waals surface area contributed by atoms with Gasteiger partial charge >= 0.3 is 0 Å². The maximum absolute atomic E-state index is 5.67. The SMILES string of the molecule is CCCCC(CC)CNC(=NC)NCCCOCC1CCCO1. The Hall–Kier alpha value is -0.810. The average molecular weight is 328 g/mol. The average Bonchev–Trinajstić information content (AvgIpc) is 3.09. The van der Waals surface area contributed by atoms with Crippen LogP contribution in [0.5, 0.6) is 0 Å². The van der Waals surface area contributed by atoms with Crippen molar-refractivity contribution < 1.29 is 9.47 Å². The molecule has 0 radical (unpaired) electrons. The molecule has 23 heavy (non-hydrogen) atoms. The molecule has 2 unspecified atom stereocenters. The highest BCUT2D eigenvalue weighted by Gasteiger charge is 2.14. The predicted octanol–water partition coefficient (Wildman–Crippen LogP) is 2.95. The summed E-state index contributed by atoms with van der Waals surface area (Å²) in [6.45, 7) is 8.82. The second-order valence-corrected chi connectivity index (χ2v) is 6.36. The highest BCUT2D eigenvalue weighted by Crippen LogP contribution is 2.12. The molecule has 5 heteroatoms. The first-order valence-corrected chi connectivity index (χ1v) is 9.44. The zero-order valence-electron chi connectivity index (χ0n) is 15.4. The number of ether oxygens (including phenoxy) is 2. The molecular weight excluding hydrogens is 290 g/mol. The van der Waals surface area contributed by atoms with Gasteiger partial charge in [-0.3, -0.25) is 4.99 Å². The number of unbranched alkanes of at least 4 members (excludes halogenated alkanes) is 1. The van der Waals surface area contributed by atoms with Crippen molar-refractivity contribution in [1.29, 1.82) is 0 Å². The molecule has 0 aromatic carbocycles. The van der Waals surface area contributed by atoms with E-state index in [0.29, 0.717) is 6.10 Å². The van der Waals surface area contributed by atoms with Crippen LogP contribution in [0.25, 0.3) is 0 Å². The molecule has 0 amide bonds. The molecule has 0 saturated carbocycles. The molecule has 5 nitrogen and oxygen atoms in total. The van der Waals surface area contributed by atoms with E-state index in [1.807, 2.05) is 7.05 Å². The van der Waals surface area contributed by atoms with Crippen LogP contribution in [0.4, 0.5) is 0 Å². The summed E-state index contributed by atoms with van der Waals surface area (Å²) in [6, 6.07) is 0. The van der Waals surface area contributed by atoms with Crippen LogP contribution in [0.3, 0.4) is 0 Å². The van der Waals surface area contributed by atoms with Gasteiger partial charge in [0.2, 0.25) is 0 Å². The summed E-state index contributed by atoms with van der Waals surface area (Å²) in [5, 5.41) is 6.80. The number of hydrogen-bond acceptors (Lipinski definition) is 3. The van der Waals surface area contributed by atoms with Gasteiger partial charge < -0.3 is 20.1 Å². The molecule has 1 aliphatic rings. The number of rotatable bonds is 12. The van der Waals surface area contributed by atoms with Gasteiger partial charge in [-0.1, -0.05) is 33.1 Å². The molecule has 1 fully saturated rings. The monoisotopic (exact) mass is 327 g/mol. The molecule has 0 bridgehead atoms. The quantitative estimate of drug-likeness (QED) is 0.329. The zero-order chi connectivity index (χ0) is 16.8. The van der Waals surface area contributed by atoms with Crippen molar-refractivity contribution in [2.75, 3.05) is 40.0 Å². The summed E-state index contributed by atoms with van der Waals surface area (Å²) < 4.78 is 11.2. The fourth-order valence-electron chi connectivity index (χ4n) is 2.78. The van der Waals surface area contributed by atoms with Crippen LogP contribution in [-0.4, -0.2) is 52.0 Å². The van der Waals surface area contributed by atoms with E-state index in [0.717, 1.165) is 57.6 Å². The minimum atomic E-state index is 0.325. The first-order chi connectivity index (χ1) is 11.3. The van der Waals surface area contributed by atoms with Crippen LogP contribution in [0, 0.1) is 5.92 Å². The summed E-state index contributed by atoms with van der Waals surface area (Å²) in [5.41, 5.74) is 0. The highest BCUT2D eigenvalue weighted by molar-refractivity contribution is 5.79. The molecule has 0 aromatic rings. The lowest BCUT2D eigenvalue weighted by molar-refractivity contribution is 0.0168. The molecule has 2 N–H and O–H groups in total. The first-order valence-electron chi connectivity index (χ1n) is 9.44. The van der Waals surface area contributed by atoms with Crippen LogP contribution >= 0.6 is 0 Å². The van der Waals surface area contributed by atoms with Crippen LogP contribution < -0.4 is 10.6 Å². The van der Waals surface area contributed by atoms with Crippen molar-refractivity contribution in [3.8, 4) is 0 Å². The van der Waals surface area contributed by atoms with Gasteiger partial charge in [-0.2, -0.15) is 0 Å². The van der Waals surface area contributed by atoms with E-state index >= 15 is 0 Å². The van der Waals surface area contributed by atoms with Crippen LogP contribution in [0.15, 0.2) is 4.99 Å². The minimum Gasteiger partial charge on any atom is -0.379 e. The number of nitrogens with zero attached hydrogens (tertiary/aromatic N) is 1.